The third-order valence-electron chi connectivity index (χ3n) is 2.44. The van der Waals surface area contributed by atoms with E-state index < -0.39 is 0 Å². The summed E-state index contributed by atoms with van der Waals surface area (Å²) in [4.78, 5) is 0. The molecule has 0 amide bonds. The quantitative estimate of drug-likeness (QED) is 0.651. The van der Waals surface area contributed by atoms with Crippen LogP contribution in [0.3, 0.4) is 0 Å². The molecule has 0 aliphatic carbocycles. The van der Waals surface area contributed by atoms with E-state index in [2.05, 4.69) is 20.8 Å². The van der Waals surface area contributed by atoms with E-state index in [1.165, 1.54) is 12.8 Å². The monoisotopic (exact) mass is 172 g/mol. The van der Waals surface area contributed by atoms with Crippen LogP contribution in [0.25, 0.3) is 0 Å². The fraction of sp³-hybridized carbons (Fsp3) is 1.00. The van der Waals surface area contributed by atoms with Gasteiger partial charge in [-0.25, -0.2) is 0 Å². The third kappa shape index (κ3) is 3.11. The topological polar surface area (TPSA) is 18.5 Å². The molecule has 2 unspecified atom stereocenters. The standard InChI is InChI=1S/C10H20O2/c1-8(2)9(3)12-10-6-4-5-7-11-10/h8-10H,4-7H2,1-3H3. The molecule has 1 saturated heterocycles. The van der Waals surface area contributed by atoms with Gasteiger partial charge in [-0.05, 0) is 32.1 Å². The first-order valence-corrected chi connectivity index (χ1v) is 4.97. The van der Waals surface area contributed by atoms with Crippen LogP contribution in [0.2, 0.25) is 0 Å². The van der Waals surface area contributed by atoms with E-state index in [0.29, 0.717) is 12.0 Å². The smallest absolute Gasteiger partial charge is 0.157 e. The maximum absolute atomic E-state index is 5.73. The minimum atomic E-state index is 0.0659. The van der Waals surface area contributed by atoms with Gasteiger partial charge in [-0.3, -0.25) is 0 Å². The Morgan fingerprint density at radius 3 is 2.50 bits per heavy atom. The van der Waals surface area contributed by atoms with Crippen LogP contribution >= 0.6 is 0 Å². The predicted molar refractivity (Wildman–Crippen MR) is 49.0 cm³/mol. The van der Waals surface area contributed by atoms with Gasteiger partial charge in [0, 0.05) is 6.61 Å². The van der Waals surface area contributed by atoms with Crippen molar-refractivity contribution in [2.45, 2.75) is 52.4 Å². The van der Waals surface area contributed by atoms with Gasteiger partial charge in [-0.2, -0.15) is 0 Å². The van der Waals surface area contributed by atoms with Gasteiger partial charge in [0.05, 0.1) is 6.10 Å². The van der Waals surface area contributed by atoms with Crippen LogP contribution in [0.4, 0.5) is 0 Å². The fourth-order valence-corrected chi connectivity index (χ4v) is 1.22. The summed E-state index contributed by atoms with van der Waals surface area (Å²) in [7, 11) is 0. The first kappa shape index (κ1) is 10.0. The van der Waals surface area contributed by atoms with Gasteiger partial charge in [-0.15, -0.1) is 0 Å². The maximum Gasteiger partial charge on any atom is 0.157 e. The van der Waals surface area contributed by atoms with E-state index in [9.17, 15) is 0 Å². The van der Waals surface area contributed by atoms with Crippen LogP contribution in [0.1, 0.15) is 40.0 Å². The second-order valence-electron chi connectivity index (χ2n) is 3.88. The number of rotatable bonds is 3. The molecule has 0 aromatic heterocycles. The van der Waals surface area contributed by atoms with Crippen LogP contribution in [0.5, 0.6) is 0 Å². The average molecular weight is 172 g/mol. The fourth-order valence-electron chi connectivity index (χ4n) is 1.22. The molecular weight excluding hydrogens is 152 g/mol. The van der Waals surface area contributed by atoms with Crippen molar-refractivity contribution in [1.29, 1.82) is 0 Å². The lowest BCUT2D eigenvalue weighted by Crippen LogP contribution is -2.28. The summed E-state index contributed by atoms with van der Waals surface area (Å²) in [5.41, 5.74) is 0. The van der Waals surface area contributed by atoms with Crippen LogP contribution in [0, 0.1) is 5.92 Å². The first-order valence-electron chi connectivity index (χ1n) is 4.97. The SMILES string of the molecule is CC(C)C(C)OC1CCCCO1. The third-order valence-corrected chi connectivity index (χ3v) is 2.44. The summed E-state index contributed by atoms with van der Waals surface area (Å²) in [6.45, 7) is 7.33. The molecule has 0 spiro atoms. The van der Waals surface area contributed by atoms with Crippen molar-refractivity contribution in [1.82, 2.24) is 0 Å². The van der Waals surface area contributed by atoms with Gasteiger partial charge >= 0.3 is 0 Å². The molecule has 0 bridgehead atoms. The second kappa shape index (κ2) is 4.83. The second-order valence-corrected chi connectivity index (χ2v) is 3.88. The Hall–Kier alpha value is -0.0800. The van der Waals surface area contributed by atoms with Crippen LogP contribution in [-0.4, -0.2) is 19.0 Å². The molecule has 1 heterocycles. The van der Waals surface area contributed by atoms with E-state index in [1.54, 1.807) is 0 Å². The lowest BCUT2D eigenvalue weighted by atomic mass is 10.1. The predicted octanol–water partition coefficient (Wildman–Crippen LogP) is 2.57. The molecule has 1 aliphatic heterocycles. The molecule has 1 fully saturated rings. The van der Waals surface area contributed by atoms with Crippen molar-refractivity contribution >= 4 is 0 Å². The van der Waals surface area contributed by atoms with Crippen molar-refractivity contribution in [3.63, 3.8) is 0 Å². The number of hydrogen-bond donors (Lipinski definition) is 0. The minimum absolute atomic E-state index is 0.0659. The molecule has 0 radical (unpaired) electrons. The highest BCUT2D eigenvalue weighted by molar-refractivity contribution is 4.59. The summed E-state index contributed by atoms with van der Waals surface area (Å²) in [5.74, 6) is 0.579. The zero-order valence-corrected chi connectivity index (χ0v) is 8.38. The molecular formula is C10H20O2. The zero-order chi connectivity index (χ0) is 8.97. The van der Waals surface area contributed by atoms with Crippen LogP contribution < -0.4 is 0 Å². The molecule has 2 heteroatoms. The van der Waals surface area contributed by atoms with Gasteiger partial charge < -0.3 is 9.47 Å². The van der Waals surface area contributed by atoms with E-state index >= 15 is 0 Å². The molecule has 0 N–H and O–H groups in total. The van der Waals surface area contributed by atoms with Gasteiger partial charge in [0.1, 0.15) is 0 Å². The molecule has 0 saturated carbocycles. The number of hydrogen-bond acceptors (Lipinski definition) is 2. The van der Waals surface area contributed by atoms with E-state index in [1.807, 2.05) is 0 Å². The van der Waals surface area contributed by atoms with Gasteiger partial charge in [0.2, 0.25) is 0 Å². The van der Waals surface area contributed by atoms with Crippen molar-refractivity contribution in [2.24, 2.45) is 5.92 Å². The van der Waals surface area contributed by atoms with Crippen LogP contribution in [-0.2, 0) is 9.47 Å². The Morgan fingerprint density at radius 1 is 1.25 bits per heavy atom. The highest BCUT2D eigenvalue weighted by Gasteiger charge is 2.18. The Balaban J connectivity index is 2.20. The lowest BCUT2D eigenvalue weighted by molar-refractivity contribution is -0.192. The van der Waals surface area contributed by atoms with Gasteiger partial charge in [-0.1, -0.05) is 13.8 Å². The molecule has 0 aromatic rings. The summed E-state index contributed by atoms with van der Waals surface area (Å²) >= 11 is 0. The summed E-state index contributed by atoms with van der Waals surface area (Å²) in [5, 5.41) is 0. The highest BCUT2D eigenvalue weighted by Crippen LogP contribution is 2.17. The molecule has 2 atom stereocenters. The first-order chi connectivity index (χ1) is 5.70. The lowest BCUT2D eigenvalue weighted by Gasteiger charge is -2.27. The van der Waals surface area contributed by atoms with Crippen molar-refractivity contribution < 1.29 is 9.47 Å². The Kier molecular flexibility index (Phi) is 4.02. The average Bonchev–Trinajstić information content (AvgIpc) is 2.06. The Labute approximate surface area is 75.2 Å². The molecule has 72 valence electrons. The molecule has 1 aliphatic rings. The minimum Gasteiger partial charge on any atom is -0.353 e. The molecule has 2 nitrogen and oxygen atoms in total. The van der Waals surface area contributed by atoms with E-state index in [-0.39, 0.29) is 6.29 Å². The highest BCUT2D eigenvalue weighted by atomic mass is 16.7. The molecule has 1 rings (SSSR count). The van der Waals surface area contributed by atoms with Crippen molar-refractivity contribution in [3.05, 3.63) is 0 Å². The van der Waals surface area contributed by atoms with E-state index in [0.717, 1.165) is 13.0 Å². The van der Waals surface area contributed by atoms with Crippen LogP contribution in [0.15, 0.2) is 0 Å². The number of ether oxygens (including phenoxy) is 2. The van der Waals surface area contributed by atoms with Crippen molar-refractivity contribution in [2.75, 3.05) is 6.61 Å². The van der Waals surface area contributed by atoms with Gasteiger partial charge in [0.25, 0.3) is 0 Å². The summed E-state index contributed by atoms with van der Waals surface area (Å²) in [6, 6.07) is 0. The maximum atomic E-state index is 5.73. The largest absolute Gasteiger partial charge is 0.353 e. The Bertz CT molecular complexity index is 117. The normalized spacial score (nSPS) is 27.5. The summed E-state index contributed by atoms with van der Waals surface area (Å²) < 4.78 is 11.2. The zero-order valence-electron chi connectivity index (χ0n) is 8.38. The summed E-state index contributed by atoms with van der Waals surface area (Å²) in [6.07, 6.45) is 3.88. The van der Waals surface area contributed by atoms with Crippen molar-refractivity contribution in [3.8, 4) is 0 Å². The van der Waals surface area contributed by atoms with Gasteiger partial charge in [0.15, 0.2) is 6.29 Å². The Morgan fingerprint density at radius 2 is 2.00 bits per heavy atom. The molecule has 0 aromatic carbocycles. The molecule has 12 heavy (non-hydrogen) atoms. The van der Waals surface area contributed by atoms with E-state index in [4.69, 9.17) is 9.47 Å².